The SMILES string of the molecule is Cc1onc2c1C(=O)NC(NC(=O)OC(C)(C)C)=NCc1cc(Cl)c(c(Cl)c1)NC(=O)CN(C(=O)OC(C)(C)C)CCCC/C=C/COc1ccc-2cc1.Cc1onc2c1C(=O)NC(NC(=O)OC(C)(C)C)=NCc1cc(Cl)c(c(Cl)c1)NC(=O)CN(C(=O)OC(C)(C)C)CCCC/C=C\COc1ccc-2cc1. The second-order valence-corrected chi connectivity index (χ2v) is 30.4. The van der Waals surface area contributed by atoms with Gasteiger partial charge in [0.1, 0.15) is 94.2 Å². The number of anilines is 2. The predicted molar refractivity (Wildman–Crippen MR) is 412 cm³/mol. The summed E-state index contributed by atoms with van der Waals surface area (Å²) < 4.78 is 44.4. The van der Waals surface area contributed by atoms with Gasteiger partial charge >= 0.3 is 24.4 Å². The van der Waals surface area contributed by atoms with E-state index in [0.717, 1.165) is 25.7 Å². The molecule has 6 aliphatic heterocycles. The number of alkyl carbamates (subject to hydrolysis) is 2. The average Bonchev–Trinajstić information content (AvgIpc) is 1.55. The lowest BCUT2D eigenvalue weighted by molar-refractivity contribution is -0.118. The van der Waals surface area contributed by atoms with Crippen LogP contribution in [0.2, 0.25) is 20.1 Å². The Balaban J connectivity index is 0.000000301. The van der Waals surface area contributed by atoms with Crippen LogP contribution in [0.4, 0.5) is 30.6 Å². The average molecular weight is 1570 g/mol. The fourth-order valence-electron chi connectivity index (χ4n) is 10.1. The molecule has 0 fully saturated rings. The van der Waals surface area contributed by atoms with Gasteiger partial charge in [0.2, 0.25) is 23.7 Å². The van der Waals surface area contributed by atoms with E-state index >= 15 is 0 Å². The number of ether oxygens (including phenoxy) is 6. The number of aliphatic imine (C=N–C) groups is 2. The number of nitrogens with zero attached hydrogens (tertiary/aromatic N) is 6. The molecular formula is C76H92Cl4N12O16. The molecule has 12 rings (SSSR count). The van der Waals surface area contributed by atoms with Crippen molar-refractivity contribution in [3.8, 4) is 34.0 Å². The Hall–Kier alpha value is -10.2. The Bertz CT molecular complexity index is 4020. The minimum absolute atomic E-state index is 0.0967. The highest BCUT2D eigenvalue weighted by Gasteiger charge is 2.30. The minimum Gasteiger partial charge on any atom is -0.490 e. The molecule has 8 bridgehead atoms. The number of aromatic nitrogens is 2. The first kappa shape index (κ1) is 85.1. The zero-order valence-electron chi connectivity index (χ0n) is 62.9. The molecule has 2 aromatic heterocycles. The molecule has 4 aromatic carbocycles. The highest BCUT2D eigenvalue weighted by Crippen LogP contribution is 2.35. The van der Waals surface area contributed by atoms with E-state index in [1.54, 1.807) is 145 Å². The lowest BCUT2D eigenvalue weighted by atomic mass is 10.1. The lowest BCUT2D eigenvalue weighted by Crippen LogP contribution is -2.46. The first-order chi connectivity index (χ1) is 50.8. The maximum absolute atomic E-state index is 13.7. The van der Waals surface area contributed by atoms with E-state index < -0.39 is 70.4 Å². The number of carbonyl (C=O) groups excluding carboxylic acids is 8. The van der Waals surface area contributed by atoms with Gasteiger partial charge in [-0.3, -0.25) is 50.2 Å². The third-order valence-corrected chi connectivity index (χ3v) is 16.0. The number of halogens is 4. The number of amides is 8. The monoisotopic (exact) mass is 1570 g/mol. The van der Waals surface area contributed by atoms with E-state index in [4.69, 9.17) is 83.9 Å². The van der Waals surface area contributed by atoms with Crippen LogP contribution in [0.1, 0.15) is 165 Å². The predicted octanol–water partition coefficient (Wildman–Crippen LogP) is 16.1. The van der Waals surface area contributed by atoms with E-state index in [1.807, 2.05) is 24.3 Å². The number of carbonyl (C=O) groups is 8. The van der Waals surface area contributed by atoms with Crippen LogP contribution in [-0.4, -0.2) is 142 Å². The second kappa shape index (κ2) is 38.6. The van der Waals surface area contributed by atoms with Crippen LogP contribution in [0.15, 0.2) is 116 Å². The van der Waals surface area contributed by atoms with E-state index in [2.05, 4.69) is 52.2 Å². The molecule has 0 unspecified atom stereocenters. The van der Waals surface area contributed by atoms with E-state index in [0.29, 0.717) is 59.8 Å². The Morgan fingerprint density at radius 1 is 0.463 bits per heavy atom. The molecule has 0 saturated heterocycles. The number of aryl methyl sites for hydroxylation is 2. The summed E-state index contributed by atoms with van der Waals surface area (Å²) in [6.07, 6.45) is 8.95. The number of hydrogen-bond donors (Lipinski definition) is 6. The largest absolute Gasteiger partial charge is 0.490 e. The summed E-state index contributed by atoms with van der Waals surface area (Å²) in [6, 6.07) is 20.1. The summed E-state index contributed by atoms with van der Waals surface area (Å²) in [4.78, 5) is 117. The number of fused-ring (bicyclic) bond motifs is 4. The number of nitrogens with one attached hydrogen (secondary N) is 6. The third-order valence-electron chi connectivity index (χ3n) is 14.8. The van der Waals surface area contributed by atoms with Gasteiger partial charge in [0.15, 0.2) is 0 Å². The number of guanidine groups is 2. The molecule has 580 valence electrons. The molecule has 28 nitrogen and oxygen atoms in total. The van der Waals surface area contributed by atoms with Crippen LogP contribution in [0, 0.1) is 13.8 Å². The lowest BCUT2D eigenvalue weighted by Gasteiger charge is -2.27. The van der Waals surface area contributed by atoms with Crippen molar-refractivity contribution >= 4 is 118 Å². The summed E-state index contributed by atoms with van der Waals surface area (Å²) in [5.74, 6) is -1.18. The summed E-state index contributed by atoms with van der Waals surface area (Å²) >= 11 is 26.3. The maximum Gasteiger partial charge on any atom is 0.414 e. The standard InChI is InChI=1S/2C38H46Cl2N6O8/c2*1-23-30-31(45-54-23)25-13-15-26(16-14-25)51-18-12-10-8-9-11-17-46(36(50)53-38(5,6)7)22-29(47)42-32-27(39)19-24(20-28(32)40)21-41-34(43-33(30)48)44-35(49)52-37(2,3)4/h2*10,12-16,19-20H,8-9,11,17-18,21-22H2,1-7H3,(H,42,47)(H2,41,43,44,48,49)/b12-10+;12-10-. The van der Waals surface area contributed by atoms with Gasteiger partial charge in [0, 0.05) is 24.2 Å². The topological polar surface area (TPSA) is 347 Å². The van der Waals surface area contributed by atoms with Crippen molar-refractivity contribution in [3.05, 3.63) is 151 Å². The highest BCUT2D eigenvalue weighted by atomic mass is 35.5. The number of benzene rings is 4. The van der Waals surface area contributed by atoms with Gasteiger partial charge in [-0.15, -0.1) is 0 Å². The van der Waals surface area contributed by atoms with Crippen LogP contribution in [0.3, 0.4) is 0 Å². The molecule has 0 aliphatic carbocycles. The molecule has 0 radical (unpaired) electrons. The molecule has 0 atom stereocenters. The van der Waals surface area contributed by atoms with Gasteiger partial charge in [-0.2, -0.15) is 0 Å². The smallest absolute Gasteiger partial charge is 0.414 e. The molecule has 0 saturated carbocycles. The maximum atomic E-state index is 13.7. The zero-order valence-corrected chi connectivity index (χ0v) is 65.9. The van der Waals surface area contributed by atoms with Crippen molar-refractivity contribution in [2.45, 2.75) is 171 Å². The van der Waals surface area contributed by atoms with Crippen LogP contribution in [-0.2, 0) is 41.6 Å². The molecule has 108 heavy (non-hydrogen) atoms. The van der Waals surface area contributed by atoms with Crippen molar-refractivity contribution < 1.29 is 75.8 Å². The number of hydrogen-bond acceptors (Lipinski definition) is 20. The quantitative estimate of drug-likeness (QED) is 0.0608. The van der Waals surface area contributed by atoms with Crippen molar-refractivity contribution in [2.75, 3.05) is 50.0 Å². The minimum atomic E-state index is -0.862. The Morgan fingerprint density at radius 2 is 0.796 bits per heavy atom. The van der Waals surface area contributed by atoms with E-state index in [1.165, 1.54) is 34.1 Å². The fraction of sp³-hybridized carbons (Fsp3) is 0.421. The van der Waals surface area contributed by atoms with Crippen LogP contribution < -0.4 is 41.4 Å². The zero-order chi connectivity index (χ0) is 79.3. The van der Waals surface area contributed by atoms with Gasteiger partial charge in [-0.25, -0.2) is 29.2 Å². The normalized spacial score (nSPS) is 15.9. The van der Waals surface area contributed by atoms with Crippen LogP contribution in [0.25, 0.3) is 22.5 Å². The molecule has 6 aromatic rings. The molecule has 6 aliphatic rings. The van der Waals surface area contributed by atoms with Crippen molar-refractivity contribution in [3.63, 3.8) is 0 Å². The first-order valence-electron chi connectivity index (χ1n) is 34.7. The van der Waals surface area contributed by atoms with E-state index in [9.17, 15) is 38.4 Å². The molecule has 32 heteroatoms. The number of rotatable bonds is 0. The van der Waals surface area contributed by atoms with Gasteiger partial charge in [0.05, 0.1) is 44.6 Å². The first-order valence-corrected chi connectivity index (χ1v) is 36.2. The van der Waals surface area contributed by atoms with Crippen molar-refractivity contribution in [2.24, 2.45) is 9.98 Å². The Kier molecular flexibility index (Phi) is 30.4. The van der Waals surface area contributed by atoms with Gasteiger partial charge < -0.3 is 48.1 Å². The van der Waals surface area contributed by atoms with Gasteiger partial charge in [-0.05, 0) is 219 Å². The van der Waals surface area contributed by atoms with Crippen molar-refractivity contribution in [1.82, 2.24) is 41.4 Å². The molecular weight excluding hydrogens is 1480 g/mol. The Morgan fingerprint density at radius 3 is 1.12 bits per heavy atom. The van der Waals surface area contributed by atoms with Gasteiger partial charge in [0.25, 0.3) is 11.8 Å². The van der Waals surface area contributed by atoms with Gasteiger partial charge in [-0.1, -0.05) is 81.0 Å². The highest BCUT2D eigenvalue weighted by molar-refractivity contribution is 6.40. The Labute approximate surface area is 647 Å². The summed E-state index contributed by atoms with van der Waals surface area (Å²) in [7, 11) is 0. The van der Waals surface area contributed by atoms with Crippen LogP contribution >= 0.6 is 46.4 Å². The molecule has 0 spiro atoms. The van der Waals surface area contributed by atoms with Crippen LogP contribution in [0.5, 0.6) is 11.5 Å². The second-order valence-electron chi connectivity index (χ2n) is 28.8. The van der Waals surface area contributed by atoms with Crippen molar-refractivity contribution in [1.29, 1.82) is 0 Å². The number of allylic oxidation sites excluding steroid dienone is 2. The molecule has 6 N–H and O–H groups in total. The summed E-state index contributed by atoms with van der Waals surface area (Å²) in [5, 5.41) is 24.2. The molecule has 8 heterocycles. The summed E-state index contributed by atoms with van der Waals surface area (Å²) in [6.45, 7) is 24.2. The summed E-state index contributed by atoms with van der Waals surface area (Å²) in [5.41, 5.74) is -0.0188. The third kappa shape index (κ3) is 27.9. The fourth-order valence-corrected chi connectivity index (χ4v) is 11.3. The van der Waals surface area contributed by atoms with E-state index in [-0.39, 0.29) is 117 Å². The molecule has 8 amide bonds.